The molecule has 0 amide bonds. The van der Waals surface area contributed by atoms with Crippen LogP contribution in [0, 0.1) is 6.92 Å². The summed E-state index contributed by atoms with van der Waals surface area (Å²) in [5, 5.41) is 0. The van der Waals surface area contributed by atoms with Gasteiger partial charge in [0.05, 0.1) is 0 Å². The van der Waals surface area contributed by atoms with Gasteiger partial charge in [-0.05, 0) is 44.4 Å². The second kappa shape index (κ2) is 5.98. The molecule has 1 aliphatic heterocycles. The summed E-state index contributed by atoms with van der Waals surface area (Å²) in [6.45, 7) is 7.62. The fourth-order valence-electron chi connectivity index (χ4n) is 2.79. The van der Waals surface area contributed by atoms with E-state index in [2.05, 4.69) is 24.8 Å². The molecule has 1 atom stereocenters. The average molecular weight is 252 g/mol. The number of rotatable bonds is 4. The van der Waals surface area contributed by atoms with Crippen molar-refractivity contribution in [2.24, 2.45) is 5.73 Å². The quantitative estimate of drug-likeness (QED) is 0.891. The first kappa shape index (κ1) is 13.1. The maximum absolute atomic E-state index is 5.72. The fraction of sp³-hybridized carbons (Fsp3) is 0.714. The molecular weight excluding hydrogens is 228 g/mol. The van der Waals surface area contributed by atoms with Crippen LogP contribution in [-0.2, 0) is 13.1 Å². The molecule has 17 heavy (non-hydrogen) atoms. The first-order chi connectivity index (χ1) is 8.24. The molecule has 2 nitrogen and oxygen atoms in total. The van der Waals surface area contributed by atoms with E-state index >= 15 is 0 Å². The van der Waals surface area contributed by atoms with Gasteiger partial charge >= 0.3 is 0 Å². The number of likely N-dealkylation sites (tertiary alicyclic amines) is 1. The molecule has 1 aromatic rings. The average Bonchev–Trinajstić information content (AvgIpc) is 2.71. The molecule has 2 N–H and O–H groups in total. The standard InChI is InChI=1S/C14H24N2S/c1-3-13-6-4-5-7-16(13)10-12-8-14(9-15)17-11(12)2/h8,13H,3-7,9-10,15H2,1-2H3. The zero-order chi connectivity index (χ0) is 12.3. The Morgan fingerprint density at radius 3 is 2.94 bits per heavy atom. The van der Waals surface area contributed by atoms with E-state index in [0.29, 0.717) is 6.54 Å². The lowest BCUT2D eigenvalue weighted by Crippen LogP contribution is -2.38. The molecule has 2 rings (SSSR count). The Bertz CT molecular complexity index is 359. The Hall–Kier alpha value is -0.380. The van der Waals surface area contributed by atoms with E-state index in [1.165, 1.54) is 47.5 Å². The fourth-order valence-corrected chi connectivity index (χ4v) is 3.73. The Morgan fingerprint density at radius 1 is 1.47 bits per heavy atom. The largest absolute Gasteiger partial charge is 0.326 e. The maximum Gasteiger partial charge on any atom is 0.0274 e. The van der Waals surface area contributed by atoms with Crippen molar-refractivity contribution in [2.45, 2.75) is 58.7 Å². The number of aryl methyl sites for hydroxylation is 1. The van der Waals surface area contributed by atoms with Gasteiger partial charge < -0.3 is 5.73 Å². The van der Waals surface area contributed by atoms with E-state index in [1.807, 2.05) is 11.3 Å². The normalized spacial score (nSPS) is 21.9. The number of hydrogen-bond donors (Lipinski definition) is 1. The van der Waals surface area contributed by atoms with Crippen molar-refractivity contribution < 1.29 is 0 Å². The van der Waals surface area contributed by atoms with E-state index < -0.39 is 0 Å². The van der Waals surface area contributed by atoms with Gasteiger partial charge in [0.1, 0.15) is 0 Å². The van der Waals surface area contributed by atoms with Gasteiger partial charge in [-0.3, -0.25) is 4.90 Å². The summed E-state index contributed by atoms with van der Waals surface area (Å²) in [6, 6.07) is 3.10. The monoisotopic (exact) mass is 252 g/mol. The SMILES string of the molecule is CCC1CCCCN1Cc1cc(CN)sc1C. The topological polar surface area (TPSA) is 29.3 Å². The van der Waals surface area contributed by atoms with Crippen LogP contribution in [-0.4, -0.2) is 17.5 Å². The highest BCUT2D eigenvalue weighted by atomic mass is 32.1. The third-order valence-electron chi connectivity index (χ3n) is 3.87. The first-order valence-corrected chi connectivity index (χ1v) is 7.58. The Balaban J connectivity index is 2.05. The summed E-state index contributed by atoms with van der Waals surface area (Å²) in [5.41, 5.74) is 7.21. The predicted molar refractivity (Wildman–Crippen MR) is 75.3 cm³/mol. The van der Waals surface area contributed by atoms with Crippen LogP contribution < -0.4 is 5.73 Å². The summed E-state index contributed by atoms with van der Waals surface area (Å²) in [5.74, 6) is 0. The third kappa shape index (κ3) is 3.09. The van der Waals surface area contributed by atoms with Gasteiger partial charge in [0.25, 0.3) is 0 Å². The van der Waals surface area contributed by atoms with Gasteiger partial charge in [-0.25, -0.2) is 0 Å². The smallest absolute Gasteiger partial charge is 0.0274 e. The van der Waals surface area contributed by atoms with Crippen LogP contribution in [0.4, 0.5) is 0 Å². The molecule has 1 fully saturated rings. The molecule has 3 heteroatoms. The van der Waals surface area contributed by atoms with Crippen LogP contribution >= 0.6 is 11.3 Å². The molecule has 1 aliphatic rings. The molecule has 1 aromatic heterocycles. The highest BCUT2D eigenvalue weighted by Crippen LogP contribution is 2.26. The molecule has 0 saturated carbocycles. The number of nitrogens with zero attached hydrogens (tertiary/aromatic N) is 1. The molecule has 1 unspecified atom stereocenters. The number of hydrogen-bond acceptors (Lipinski definition) is 3. The molecule has 2 heterocycles. The molecular formula is C14H24N2S. The highest BCUT2D eigenvalue weighted by molar-refractivity contribution is 7.12. The van der Waals surface area contributed by atoms with E-state index in [-0.39, 0.29) is 0 Å². The van der Waals surface area contributed by atoms with Gasteiger partial charge in [-0.1, -0.05) is 13.3 Å². The molecule has 0 aromatic carbocycles. The number of piperidine rings is 1. The summed E-state index contributed by atoms with van der Waals surface area (Å²) >= 11 is 1.86. The molecule has 0 bridgehead atoms. The molecule has 0 radical (unpaired) electrons. The minimum atomic E-state index is 0.683. The lowest BCUT2D eigenvalue weighted by Gasteiger charge is -2.35. The zero-order valence-corrected chi connectivity index (χ0v) is 11.9. The van der Waals surface area contributed by atoms with Crippen molar-refractivity contribution in [3.05, 3.63) is 21.4 Å². The minimum Gasteiger partial charge on any atom is -0.326 e. The third-order valence-corrected chi connectivity index (χ3v) is 4.98. The predicted octanol–water partition coefficient (Wildman–Crippen LogP) is 3.28. The van der Waals surface area contributed by atoms with Crippen LogP contribution in [0.5, 0.6) is 0 Å². The Morgan fingerprint density at radius 2 is 2.29 bits per heavy atom. The van der Waals surface area contributed by atoms with Crippen LogP contribution in [0.2, 0.25) is 0 Å². The summed E-state index contributed by atoms with van der Waals surface area (Å²) in [7, 11) is 0. The van der Waals surface area contributed by atoms with Crippen LogP contribution in [0.15, 0.2) is 6.07 Å². The van der Waals surface area contributed by atoms with Gasteiger partial charge in [0.15, 0.2) is 0 Å². The van der Waals surface area contributed by atoms with Crippen LogP contribution in [0.25, 0.3) is 0 Å². The van der Waals surface area contributed by atoms with Crippen molar-refractivity contribution >= 4 is 11.3 Å². The minimum absolute atomic E-state index is 0.683. The number of nitrogens with two attached hydrogens (primary N) is 1. The highest BCUT2D eigenvalue weighted by Gasteiger charge is 2.21. The second-order valence-electron chi connectivity index (χ2n) is 5.03. The molecule has 1 saturated heterocycles. The lowest BCUT2D eigenvalue weighted by atomic mass is 9.99. The van der Waals surface area contributed by atoms with Gasteiger partial charge in [-0.2, -0.15) is 0 Å². The van der Waals surface area contributed by atoms with Crippen LogP contribution in [0.1, 0.15) is 47.9 Å². The summed E-state index contributed by atoms with van der Waals surface area (Å²) in [4.78, 5) is 5.44. The van der Waals surface area contributed by atoms with Crippen molar-refractivity contribution in [2.75, 3.05) is 6.54 Å². The second-order valence-corrected chi connectivity index (χ2v) is 6.37. The van der Waals surface area contributed by atoms with E-state index in [0.717, 1.165) is 12.6 Å². The summed E-state index contributed by atoms with van der Waals surface area (Å²) < 4.78 is 0. The van der Waals surface area contributed by atoms with Crippen molar-refractivity contribution in [3.63, 3.8) is 0 Å². The van der Waals surface area contributed by atoms with E-state index in [9.17, 15) is 0 Å². The Kier molecular flexibility index (Phi) is 4.60. The van der Waals surface area contributed by atoms with Crippen molar-refractivity contribution in [1.29, 1.82) is 0 Å². The van der Waals surface area contributed by atoms with E-state index in [1.54, 1.807) is 0 Å². The summed E-state index contributed by atoms with van der Waals surface area (Å²) in [6.07, 6.45) is 5.44. The molecule has 96 valence electrons. The van der Waals surface area contributed by atoms with E-state index in [4.69, 9.17) is 5.73 Å². The Labute approximate surface area is 109 Å². The molecule has 0 aliphatic carbocycles. The lowest BCUT2D eigenvalue weighted by molar-refractivity contribution is 0.136. The zero-order valence-electron chi connectivity index (χ0n) is 11.0. The van der Waals surface area contributed by atoms with Crippen molar-refractivity contribution in [1.82, 2.24) is 4.90 Å². The van der Waals surface area contributed by atoms with Gasteiger partial charge in [0.2, 0.25) is 0 Å². The van der Waals surface area contributed by atoms with Gasteiger partial charge in [-0.15, -0.1) is 11.3 Å². The van der Waals surface area contributed by atoms with Gasteiger partial charge in [0, 0.05) is 28.9 Å². The molecule has 0 spiro atoms. The van der Waals surface area contributed by atoms with Crippen LogP contribution in [0.3, 0.4) is 0 Å². The maximum atomic E-state index is 5.72. The van der Waals surface area contributed by atoms with Crippen molar-refractivity contribution in [3.8, 4) is 0 Å². The first-order valence-electron chi connectivity index (χ1n) is 6.77. The number of thiophene rings is 1.